The normalized spacial score (nSPS) is 12.1. The number of benzene rings is 1. The molecule has 7 heteroatoms. The molecule has 0 bridgehead atoms. The fraction of sp³-hybridized carbons (Fsp3) is 0.118. The van der Waals surface area contributed by atoms with Crippen molar-refractivity contribution in [2.24, 2.45) is 5.73 Å². The number of allylic oxidation sites excluding steroid dienone is 1. The second-order valence-electron chi connectivity index (χ2n) is 5.48. The van der Waals surface area contributed by atoms with Crippen LogP contribution >= 0.6 is 0 Å². The Kier molecular flexibility index (Phi) is 3.91. The van der Waals surface area contributed by atoms with E-state index in [0.717, 1.165) is 22.2 Å². The van der Waals surface area contributed by atoms with Gasteiger partial charge in [0.15, 0.2) is 0 Å². The van der Waals surface area contributed by atoms with Gasteiger partial charge in [-0.3, -0.25) is 9.89 Å². The molecular weight excluding hydrogens is 306 g/mol. The summed E-state index contributed by atoms with van der Waals surface area (Å²) in [6.45, 7) is 3.13. The van der Waals surface area contributed by atoms with Gasteiger partial charge >= 0.3 is 0 Å². The summed E-state index contributed by atoms with van der Waals surface area (Å²) >= 11 is 0. The van der Waals surface area contributed by atoms with Crippen LogP contribution in [0.4, 0.5) is 5.69 Å². The molecule has 0 aliphatic rings. The molecule has 7 nitrogen and oxygen atoms in total. The summed E-state index contributed by atoms with van der Waals surface area (Å²) in [6, 6.07) is 7.23. The van der Waals surface area contributed by atoms with Gasteiger partial charge in [0.05, 0.1) is 23.6 Å². The number of carbonyl (C=O) groups is 1. The standard InChI is InChI=1S/C17H17N5O2/c1-9(18)15(10(2)19)17(23)20-12-3-4-14-13(7-12)16(22-21-14)11-5-6-24-8-11/h3-8,18H,19H2,1-2H3,(H,20,23)(H,21,22). The molecule has 2 heterocycles. The second kappa shape index (κ2) is 6.04. The maximum Gasteiger partial charge on any atom is 0.259 e. The van der Waals surface area contributed by atoms with Crippen LogP contribution in [0, 0.1) is 5.41 Å². The number of aromatic amines is 1. The number of hydrogen-bond donors (Lipinski definition) is 4. The van der Waals surface area contributed by atoms with E-state index in [2.05, 4.69) is 15.5 Å². The van der Waals surface area contributed by atoms with E-state index in [1.54, 1.807) is 25.5 Å². The highest BCUT2D eigenvalue weighted by molar-refractivity contribution is 6.24. The van der Waals surface area contributed by atoms with Gasteiger partial charge in [-0.15, -0.1) is 0 Å². The van der Waals surface area contributed by atoms with E-state index < -0.39 is 5.91 Å². The third kappa shape index (κ3) is 2.79. The molecule has 2 aromatic heterocycles. The molecule has 0 aliphatic carbocycles. The number of fused-ring (bicyclic) bond motifs is 1. The van der Waals surface area contributed by atoms with Crippen LogP contribution in [-0.4, -0.2) is 21.8 Å². The number of rotatable bonds is 4. The molecular formula is C17H17N5O2. The summed E-state index contributed by atoms with van der Waals surface area (Å²) in [4.78, 5) is 12.4. The van der Waals surface area contributed by atoms with Crippen molar-refractivity contribution in [2.75, 3.05) is 5.32 Å². The van der Waals surface area contributed by atoms with Gasteiger partial charge in [-0.2, -0.15) is 5.10 Å². The summed E-state index contributed by atoms with van der Waals surface area (Å²) in [5.74, 6) is -0.407. The predicted molar refractivity (Wildman–Crippen MR) is 92.7 cm³/mol. The van der Waals surface area contributed by atoms with Crippen LogP contribution < -0.4 is 11.1 Å². The van der Waals surface area contributed by atoms with Gasteiger partial charge in [-0.25, -0.2) is 0 Å². The molecule has 0 spiro atoms. The van der Waals surface area contributed by atoms with E-state index in [1.165, 1.54) is 6.92 Å². The molecule has 1 aromatic carbocycles. The van der Waals surface area contributed by atoms with Gasteiger partial charge in [0.1, 0.15) is 5.69 Å². The van der Waals surface area contributed by atoms with Crippen molar-refractivity contribution in [3.63, 3.8) is 0 Å². The van der Waals surface area contributed by atoms with E-state index >= 15 is 0 Å². The van der Waals surface area contributed by atoms with Gasteiger partial charge in [0.2, 0.25) is 0 Å². The molecule has 0 saturated carbocycles. The summed E-state index contributed by atoms with van der Waals surface area (Å²) < 4.78 is 5.10. The number of nitrogens with two attached hydrogens (primary N) is 1. The molecule has 5 N–H and O–H groups in total. The number of furan rings is 1. The van der Waals surface area contributed by atoms with Crippen LogP contribution in [0.2, 0.25) is 0 Å². The van der Waals surface area contributed by atoms with Gasteiger partial charge in [-0.1, -0.05) is 0 Å². The first-order valence-electron chi connectivity index (χ1n) is 7.31. The van der Waals surface area contributed by atoms with E-state index in [4.69, 9.17) is 15.6 Å². The highest BCUT2D eigenvalue weighted by Crippen LogP contribution is 2.28. The first-order chi connectivity index (χ1) is 11.5. The Morgan fingerprint density at radius 2 is 2.12 bits per heavy atom. The summed E-state index contributed by atoms with van der Waals surface area (Å²) in [6.07, 6.45) is 3.19. The topological polar surface area (TPSA) is 121 Å². The third-order valence-electron chi connectivity index (χ3n) is 3.61. The Bertz CT molecular complexity index is 947. The minimum absolute atomic E-state index is 0.121. The van der Waals surface area contributed by atoms with Gasteiger partial charge in [0, 0.05) is 28.0 Å². The number of nitrogens with one attached hydrogen (secondary N) is 3. The predicted octanol–water partition coefficient (Wildman–Crippen LogP) is 3.03. The zero-order valence-corrected chi connectivity index (χ0v) is 13.3. The highest BCUT2D eigenvalue weighted by atomic mass is 16.3. The van der Waals surface area contributed by atoms with Gasteiger partial charge in [-0.05, 0) is 38.1 Å². The number of amides is 1. The van der Waals surface area contributed by atoms with Crippen molar-refractivity contribution >= 4 is 28.2 Å². The number of nitrogens with zero attached hydrogens (tertiary/aromatic N) is 1. The van der Waals surface area contributed by atoms with Crippen LogP contribution in [0.25, 0.3) is 22.2 Å². The summed E-state index contributed by atoms with van der Waals surface area (Å²) in [7, 11) is 0. The SMILES string of the molecule is CC(=N)C(C(=O)Nc1ccc2[nH]nc(-c3ccoc3)c2c1)=C(C)N. The van der Waals surface area contributed by atoms with E-state index in [1.807, 2.05) is 18.2 Å². The lowest BCUT2D eigenvalue weighted by Gasteiger charge is -2.09. The van der Waals surface area contributed by atoms with E-state index in [0.29, 0.717) is 11.4 Å². The maximum absolute atomic E-state index is 12.4. The smallest absolute Gasteiger partial charge is 0.259 e. The summed E-state index contributed by atoms with van der Waals surface area (Å²) in [5.41, 5.74) is 9.34. The minimum atomic E-state index is -0.407. The molecule has 0 saturated heterocycles. The van der Waals surface area contributed by atoms with Crippen LogP contribution in [0.5, 0.6) is 0 Å². The Morgan fingerprint density at radius 1 is 1.33 bits per heavy atom. The molecule has 0 atom stereocenters. The lowest BCUT2D eigenvalue weighted by Crippen LogP contribution is -2.22. The maximum atomic E-state index is 12.4. The van der Waals surface area contributed by atoms with Crippen molar-refractivity contribution in [3.05, 3.63) is 48.1 Å². The monoisotopic (exact) mass is 323 g/mol. The van der Waals surface area contributed by atoms with Crippen molar-refractivity contribution < 1.29 is 9.21 Å². The molecule has 3 rings (SSSR count). The molecule has 0 unspecified atom stereocenters. The lowest BCUT2D eigenvalue weighted by molar-refractivity contribution is -0.112. The fourth-order valence-electron chi connectivity index (χ4n) is 2.55. The minimum Gasteiger partial charge on any atom is -0.472 e. The molecule has 3 aromatic rings. The number of hydrogen-bond acceptors (Lipinski definition) is 5. The molecule has 0 aliphatic heterocycles. The Morgan fingerprint density at radius 3 is 2.75 bits per heavy atom. The fourth-order valence-corrected chi connectivity index (χ4v) is 2.55. The van der Waals surface area contributed by atoms with E-state index in [-0.39, 0.29) is 11.3 Å². The van der Waals surface area contributed by atoms with E-state index in [9.17, 15) is 4.79 Å². The van der Waals surface area contributed by atoms with Crippen LogP contribution in [0.15, 0.2) is 52.5 Å². The number of anilines is 1. The van der Waals surface area contributed by atoms with Crippen LogP contribution in [0.3, 0.4) is 0 Å². The first-order valence-corrected chi connectivity index (χ1v) is 7.31. The number of aromatic nitrogens is 2. The Hall–Kier alpha value is -3.35. The van der Waals surface area contributed by atoms with Crippen molar-refractivity contribution in [1.29, 1.82) is 5.41 Å². The van der Waals surface area contributed by atoms with Crippen molar-refractivity contribution in [3.8, 4) is 11.3 Å². The highest BCUT2D eigenvalue weighted by Gasteiger charge is 2.15. The summed E-state index contributed by atoms with van der Waals surface area (Å²) in [5, 5.41) is 18.6. The zero-order valence-electron chi connectivity index (χ0n) is 13.3. The molecule has 1 amide bonds. The van der Waals surface area contributed by atoms with Crippen LogP contribution in [-0.2, 0) is 4.79 Å². The first kappa shape index (κ1) is 15.5. The van der Waals surface area contributed by atoms with Crippen LogP contribution in [0.1, 0.15) is 13.8 Å². The second-order valence-corrected chi connectivity index (χ2v) is 5.48. The zero-order chi connectivity index (χ0) is 17.3. The Labute approximate surface area is 138 Å². The Balaban J connectivity index is 1.97. The van der Waals surface area contributed by atoms with Gasteiger partial charge in [0.25, 0.3) is 5.91 Å². The van der Waals surface area contributed by atoms with Crippen molar-refractivity contribution in [1.82, 2.24) is 10.2 Å². The largest absolute Gasteiger partial charge is 0.472 e. The third-order valence-corrected chi connectivity index (χ3v) is 3.61. The average molecular weight is 323 g/mol. The quantitative estimate of drug-likeness (QED) is 0.435. The molecule has 0 radical (unpaired) electrons. The molecule has 0 fully saturated rings. The number of carbonyl (C=O) groups excluding carboxylic acids is 1. The molecule has 122 valence electrons. The van der Waals surface area contributed by atoms with Gasteiger partial charge < -0.3 is 20.9 Å². The number of H-pyrrole nitrogens is 1. The van der Waals surface area contributed by atoms with Crippen molar-refractivity contribution in [2.45, 2.75) is 13.8 Å². The average Bonchev–Trinajstić information content (AvgIpc) is 3.14. The lowest BCUT2D eigenvalue weighted by atomic mass is 10.1. The molecule has 24 heavy (non-hydrogen) atoms.